The van der Waals surface area contributed by atoms with E-state index in [4.69, 9.17) is 0 Å². The van der Waals surface area contributed by atoms with Crippen molar-refractivity contribution in [1.82, 2.24) is 10.2 Å². The highest BCUT2D eigenvalue weighted by molar-refractivity contribution is 7.07. The molecular weight excluding hydrogens is 216 g/mol. The lowest BCUT2D eigenvalue weighted by atomic mass is 10.1. The Balaban J connectivity index is 1.64. The number of hydrogen-bond acceptors (Lipinski definition) is 3. The van der Waals surface area contributed by atoms with Gasteiger partial charge in [0.1, 0.15) is 0 Å². The normalized spacial score (nSPS) is 22.1. The van der Waals surface area contributed by atoms with Crippen molar-refractivity contribution in [2.45, 2.75) is 32.9 Å². The molecule has 0 aliphatic carbocycles. The van der Waals surface area contributed by atoms with Gasteiger partial charge in [-0.15, -0.1) is 0 Å². The van der Waals surface area contributed by atoms with Crippen LogP contribution in [0.5, 0.6) is 0 Å². The second-order valence-corrected chi connectivity index (χ2v) is 5.79. The van der Waals surface area contributed by atoms with E-state index in [0.29, 0.717) is 6.04 Å². The van der Waals surface area contributed by atoms with Gasteiger partial charge in [-0.1, -0.05) is 0 Å². The minimum absolute atomic E-state index is 0.710. The highest BCUT2D eigenvalue weighted by Gasteiger charge is 2.23. The maximum atomic E-state index is 3.57. The molecule has 3 heteroatoms. The van der Waals surface area contributed by atoms with Crippen molar-refractivity contribution < 1.29 is 0 Å². The van der Waals surface area contributed by atoms with Gasteiger partial charge in [0, 0.05) is 19.1 Å². The first-order valence-corrected chi connectivity index (χ1v) is 7.16. The van der Waals surface area contributed by atoms with Crippen LogP contribution in [0.25, 0.3) is 0 Å². The molecule has 1 saturated heterocycles. The molecule has 1 aromatic rings. The molecule has 1 aliphatic heterocycles. The SMILES string of the molecule is CC(C)N1CCC(CNCc2ccsc2)C1. The molecule has 90 valence electrons. The molecule has 1 unspecified atom stereocenters. The number of hydrogen-bond donors (Lipinski definition) is 1. The van der Waals surface area contributed by atoms with Crippen LogP contribution in [-0.4, -0.2) is 30.6 Å². The summed E-state index contributed by atoms with van der Waals surface area (Å²) >= 11 is 1.78. The molecule has 1 N–H and O–H groups in total. The standard InChI is InChI=1S/C13H22N2S/c1-11(2)15-5-3-12(9-15)7-14-8-13-4-6-16-10-13/h4,6,10-12,14H,3,5,7-9H2,1-2H3. The summed E-state index contributed by atoms with van der Waals surface area (Å²) in [6, 6.07) is 2.91. The van der Waals surface area contributed by atoms with E-state index in [1.165, 1.54) is 31.6 Å². The lowest BCUT2D eigenvalue weighted by Gasteiger charge is -2.20. The van der Waals surface area contributed by atoms with Crippen LogP contribution in [0.1, 0.15) is 25.8 Å². The van der Waals surface area contributed by atoms with Crippen molar-refractivity contribution >= 4 is 11.3 Å². The van der Waals surface area contributed by atoms with Gasteiger partial charge in [0.05, 0.1) is 0 Å². The second-order valence-electron chi connectivity index (χ2n) is 5.01. The van der Waals surface area contributed by atoms with Crippen molar-refractivity contribution in [3.05, 3.63) is 22.4 Å². The number of likely N-dealkylation sites (tertiary alicyclic amines) is 1. The van der Waals surface area contributed by atoms with E-state index in [-0.39, 0.29) is 0 Å². The Bertz CT molecular complexity index is 295. The van der Waals surface area contributed by atoms with Gasteiger partial charge in [-0.2, -0.15) is 11.3 Å². The molecule has 0 bridgehead atoms. The quantitative estimate of drug-likeness (QED) is 0.848. The van der Waals surface area contributed by atoms with Crippen LogP contribution in [0.2, 0.25) is 0 Å². The summed E-state index contributed by atoms with van der Waals surface area (Å²) in [6.45, 7) is 9.33. The monoisotopic (exact) mass is 238 g/mol. The number of thiophene rings is 1. The lowest BCUT2D eigenvalue weighted by molar-refractivity contribution is 0.264. The number of nitrogens with zero attached hydrogens (tertiary/aromatic N) is 1. The molecule has 16 heavy (non-hydrogen) atoms. The van der Waals surface area contributed by atoms with E-state index in [9.17, 15) is 0 Å². The first kappa shape index (κ1) is 12.1. The Morgan fingerprint density at radius 3 is 3.06 bits per heavy atom. The van der Waals surface area contributed by atoms with Crippen LogP contribution in [0, 0.1) is 5.92 Å². The summed E-state index contributed by atoms with van der Waals surface area (Å²) in [6.07, 6.45) is 1.36. The summed E-state index contributed by atoms with van der Waals surface area (Å²) in [5, 5.41) is 7.94. The van der Waals surface area contributed by atoms with E-state index >= 15 is 0 Å². The van der Waals surface area contributed by atoms with Gasteiger partial charge in [-0.3, -0.25) is 0 Å². The molecule has 0 saturated carbocycles. The van der Waals surface area contributed by atoms with Gasteiger partial charge in [0.15, 0.2) is 0 Å². The molecule has 0 aromatic carbocycles. The summed E-state index contributed by atoms with van der Waals surface area (Å²) in [7, 11) is 0. The molecule has 0 radical (unpaired) electrons. The van der Waals surface area contributed by atoms with Crippen LogP contribution < -0.4 is 5.32 Å². The van der Waals surface area contributed by atoms with Crippen molar-refractivity contribution in [2.75, 3.05) is 19.6 Å². The van der Waals surface area contributed by atoms with Crippen LogP contribution in [0.15, 0.2) is 16.8 Å². The van der Waals surface area contributed by atoms with E-state index in [0.717, 1.165) is 12.5 Å². The topological polar surface area (TPSA) is 15.3 Å². The molecule has 1 fully saturated rings. The third-order valence-corrected chi connectivity index (χ3v) is 4.12. The predicted octanol–water partition coefficient (Wildman–Crippen LogP) is 2.57. The fraction of sp³-hybridized carbons (Fsp3) is 0.692. The van der Waals surface area contributed by atoms with E-state index < -0.39 is 0 Å². The largest absolute Gasteiger partial charge is 0.312 e. The molecule has 2 rings (SSSR count). The molecule has 1 aromatic heterocycles. The number of rotatable bonds is 5. The van der Waals surface area contributed by atoms with Gasteiger partial charge in [-0.25, -0.2) is 0 Å². The molecule has 2 nitrogen and oxygen atoms in total. The summed E-state index contributed by atoms with van der Waals surface area (Å²) < 4.78 is 0. The van der Waals surface area contributed by atoms with Crippen molar-refractivity contribution in [2.24, 2.45) is 5.92 Å². The Kier molecular flexibility index (Phi) is 4.38. The number of nitrogens with one attached hydrogen (secondary N) is 1. The molecule has 1 aliphatic rings. The Labute approximate surface area is 103 Å². The summed E-state index contributed by atoms with van der Waals surface area (Å²) in [5.74, 6) is 0.848. The molecule has 0 spiro atoms. The zero-order chi connectivity index (χ0) is 11.4. The van der Waals surface area contributed by atoms with Crippen LogP contribution in [0.4, 0.5) is 0 Å². The highest BCUT2D eigenvalue weighted by atomic mass is 32.1. The Morgan fingerprint density at radius 1 is 1.56 bits per heavy atom. The van der Waals surface area contributed by atoms with Crippen molar-refractivity contribution in [1.29, 1.82) is 0 Å². The van der Waals surface area contributed by atoms with Crippen molar-refractivity contribution in [3.8, 4) is 0 Å². The smallest absolute Gasteiger partial charge is 0.0213 e. The Morgan fingerprint density at radius 2 is 2.44 bits per heavy atom. The average molecular weight is 238 g/mol. The van der Waals surface area contributed by atoms with Gasteiger partial charge in [0.25, 0.3) is 0 Å². The van der Waals surface area contributed by atoms with Gasteiger partial charge < -0.3 is 10.2 Å². The van der Waals surface area contributed by atoms with Crippen LogP contribution in [0.3, 0.4) is 0 Å². The second kappa shape index (κ2) is 5.80. The van der Waals surface area contributed by atoms with Crippen molar-refractivity contribution in [3.63, 3.8) is 0 Å². The zero-order valence-electron chi connectivity index (χ0n) is 10.3. The van der Waals surface area contributed by atoms with Crippen LogP contribution in [-0.2, 0) is 6.54 Å². The average Bonchev–Trinajstić information content (AvgIpc) is 2.87. The minimum Gasteiger partial charge on any atom is -0.312 e. The molecule has 2 heterocycles. The van der Waals surface area contributed by atoms with Gasteiger partial charge >= 0.3 is 0 Å². The minimum atomic E-state index is 0.710. The zero-order valence-corrected chi connectivity index (χ0v) is 11.1. The van der Waals surface area contributed by atoms with E-state index in [1.807, 2.05) is 0 Å². The highest BCUT2D eigenvalue weighted by Crippen LogP contribution is 2.17. The fourth-order valence-corrected chi connectivity index (χ4v) is 2.98. The third kappa shape index (κ3) is 3.30. The maximum Gasteiger partial charge on any atom is 0.0213 e. The molecule has 1 atom stereocenters. The van der Waals surface area contributed by atoms with Gasteiger partial charge in [0.2, 0.25) is 0 Å². The third-order valence-electron chi connectivity index (χ3n) is 3.39. The van der Waals surface area contributed by atoms with Crippen LogP contribution >= 0.6 is 11.3 Å². The molecule has 0 amide bonds. The van der Waals surface area contributed by atoms with E-state index in [1.54, 1.807) is 11.3 Å². The predicted molar refractivity (Wildman–Crippen MR) is 70.8 cm³/mol. The lowest BCUT2D eigenvalue weighted by Crippen LogP contribution is -2.30. The summed E-state index contributed by atoms with van der Waals surface area (Å²) in [5.41, 5.74) is 1.42. The van der Waals surface area contributed by atoms with Gasteiger partial charge in [-0.05, 0) is 61.7 Å². The van der Waals surface area contributed by atoms with E-state index in [2.05, 4.69) is 40.9 Å². The molecular formula is C13H22N2S. The maximum absolute atomic E-state index is 3.57. The Hall–Kier alpha value is -0.380. The first-order chi connectivity index (χ1) is 7.75. The summed E-state index contributed by atoms with van der Waals surface area (Å²) in [4.78, 5) is 2.58. The first-order valence-electron chi connectivity index (χ1n) is 6.21. The fourth-order valence-electron chi connectivity index (χ4n) is 2.31.